The van der Waals surface area contributed by atoms with E-state index in [-0.39, 0.29) is 19.7 Å². The molecular weight excluding hydrogens is 517 g/mol. The lowest BCUT2D eigenvalue weighted by atomic mass is 10.0. The minimum absolute atomic E-state index is 0.0553. The zero-order valence-corrected chi connectivity index (χ0v) is 22.8. The molecule has 40 heavy (non-hydrogen) atoms. The van der Waals surface area contributed by atoms with E-state index in [1.165, 1.54) is 0 Å². The van der Waals surface area contributed by atoms with Crippen molar-refractivity contribution in [3.8, 4) is 29.4 Å². The number of nitrogens with zero attached hydrogens (tertiary/aromatic N) is 4. The number of halogens is 3. The molecule has 0 unspecified atom stereocenters. The van der Waals surface area contributed by atoms with E-state index >= 15 is 0 Å². The van der Waals surface area contributed by atoms with Gasteiger partial charge in [0.15, 0.2) is 0 Å². The molecule has 0 atom stereocenters. The van der Waals surface area contributed by atoms with E-state index in [4.69, 9.17) is 16.1 Å². The molecule has 0 saturated heterocycles. The molecule has 0 spiro atoms. The van der Waals surface area contributed by atoms with Crippen LogP contribution in [0.5, 0.6) is 5.75 Å². The Hall–Kier alpha value is -4.58. The van der Waals surface area contributed by atoms with E-state index in [0.29, 0.717) is 22.5 Å². The number of hydrogen-bond acceptors (Lipinski definition) is 4. The average Bonchev–Trinajstić information content (AvgIpc) is 3.29. The lowest BCUT2D eigenvalue weighted by molar-refractivity contribution is -0.139. The van der Waals surface area contributed by atoms with Gasteiger partial charge in [0.2, 0.25) is 0 Å². The highest BCUT2D eigenvalue weighted by Crippen LogP contribution is 2.34. The number of pyridine rings is 2. The monoisotopic (exact) mass is 546 g/mol. The number of likely N-dealkylation sites (N-methyl/N-ethyl adjacent to an activating group) is 1. The molecule has 1 amide bonds. The van der Waals surface area contributed by atoms with E-state index in [1.807, 2.05) is 61.9 Å². The number of aryl methyl sites for hydroxylation is 2. The van der Waals surface area contributed by atoms with Crippen molar-refractivity contribution in [2.75, 3.05) is 6.54 Å². The Balaban J connectivity index is 1.67. The number of rotatable bonds is 8. The van der Waals surface area contributed by atoms with Crippen LogP contribution < -0.4 is 4.74 Å². The molecule has 4 rings (SSSR count). The van der Waals surface area contributed by atoms with E-state index in [1.54, 1.807) is 19.2 Å². The standard InChI is InChI=1S/C31H29F3N4O2/c1-7-22-12-13-27(37(22)6)24-16-20(4)36-29-23(24)10-9-11-28(29)40-18-25-19(3)14-15-35-26(25)17-38(8-2)30(39)21(5)31(32,33)34/h1,9-16H,5,8,17-18H2,2-4,6H3. The van der Waals surface area contributed by atoms with E-state index in [2.05, 4.69) is 17.5 Å². The maximum atomic E-state index is 13.1. The van der Waals surface area contributed by atoms with Gasteiger partial charge < -0.3 is 14.2 Å². The molecule has 0 N–H and O–H groups in total. The number of carbonyl (C=O) groups is 1. The van der Waals surface area contributed by atoms with Crippen molar-refractivity contribution in [2.45, 2.75) is 40.1 Å². The number of amides is 1. The Morgan fingerprint density at radius 2 is 1.95 bits per heavy atom. The van der Waals surface area contributed by atoms with Crippen LogP contribution in [0.25, 0.3) is 22.2 Å². The number of para-hydroxylation sites is 1. The van der Waals surface area contributed by atoms with Gasteiger partial charge in [-0.05, 0) is 56.7 Å². The van der Waals surface area contributed by atoms with Crippen molar-refractivity contribution < 1.29 is 22.7 Å². The van der Waals surface area contributed by atoms with Crippen molar-refractivity contribution in [1.29, 1.82) is 0 Å². The first-order valence-electron chi connectivity index (χ1n) is 12.6. The van der Waals surface area contributed by atoms with E-state index in [9.17, 15) is 18.0 Å². The lowest BCUT2D eigenvalue weighted by Gasteiger charge is -2.24. The summed E-state index contributed by atoms with van der Waals surface area (Å²) < 4.78 is 47.6. The maximum Gasteiger partial charge on any atom is 0.421 e. The van der Waals surface area contributed by atoms with Gasteiger partial charge in [0, 0.05) is 47.7 Å². The van der Waals surface area contributed by atoms with Crippen molar-refractivity contribution >= 4 is 16.8 Å². The molecular formula is C31H29F3N4O2. The van der Waals surface area contributed by atoms with Crippen molar-refractivity contribution in [2.24, 2.45) is 7.05 Å². The smallest absolute Gasteiger partial charge is 0.421 e. The van der Waals surface area contributed by atoms with Crippen LogP contribution in [0.1, 0.15) is 35.1 Å². The summed E-state index contributed by atoms with van der Waals surface area (Å²) in [6, 6.07) is 13.3. The molecule has 3 aromatic heterocycles. The van der Waals surface area contributed by atoms with Crippen LogP contribution >= 0.6 is 0 Å². The highest BCUT2D eigenvalue weighted by Gasteiger charge is 2.38. The first-order valence-corrected chi connectivity index (χ1v) is 12.6. The first-order chi connectivity index (χ1) is 19.0. The zero-order valence-electron chi connectivity index (χ0n) is 22.8. The predicted molar refractivity (Wildman–Crippen MR) is 148 cm³/mol. The molecule has 206 valence electrons. The molecule has 0 aliphatic rings. The van der Waals surface area contributed by atoms with Gasteiger partial charge in [-0.2, -0.15) is 13.2 Å². The molecule has 0 saturated carbocycles. The third-order valence-electron chi connectivity index (χ3n) is 6.84. The fourth-order valence-corrected chi connectivity index (χ4v) is 4.55. The number of carbonyl (C=O) groups excluding carboxylic acids is 1. The van der Waals surface area contributed by atoms with Crippen LogP contribution in [0.15, 0.2) is 60.8 Å². The second-order valence-corrected chi connectivity index (χ2v) is 9.41. The summed E-state index contributed by atoms with van der Waals surface area (Å²) in [6.45, 7) is 8.33. The summed E-state index contributed by atoms with van der Waals surface area (Å²) >= 11 is 0. The Kier molecular flexibility index (Phi) is 8.01. The topological polar surface area (TPSA) is 60.3 Å². The second kappa shape index (κ2) is 11.3. The minimum Gasteiger partial charge on any atom is -0.487 e. The molecule has 0 fully saturated rings. The molecule has 1 aromatic carbocycles. The molecule has 0 radical (unpaired) electrons. The van der Waals surface area contributed by atoms with Crippen molar-refractivity contribution in [3.63, 3.8) is 0 Å². The number of ether oxygens (including phenoxy) is 1. The molecule has 0 aliphatic heterocycles. The molecule has 0 bridgehead atoms. The molecule has 4 aromatic rings. The molecule has 6 nitrogen and oxygen atoms in total. The van der Waals surface area contributed by atoms with Gasteiger partial charge in [-0.3, -0.25) is 9.78 Å². The fraction of sp³-hybridized carbons (Fsp3) is 0.258. The number of benzene rings is 1. The summed E-state index contributed by atoms with van der Waals surface area (Å²) in [5.41, 5.74) is 4.64. The summed E-state index contributed by atoms with van der Waals surface area (Å²) in [4.78, 5) is 22.7. The van der Waals surface area contributed by atoms with Crippen LogP contribution in [-0.4, -0.2) is 38.1 Å². The second-order valence-electron chi connectivity index (χ2n) is 9.41. The summed E-state index contributed by atoms with van der Waals surface area (Å²) in [6.07, 6.45) is 2.38. The Bertz CT molecular complexity index is 1650. The predicted octanol–water partition coefficient (Wildman–Crippen LogP) is 6.28. The summed E-state index contributed by atoms with van der Waals surface area (Å²) in [7, 11) is 1.91. The molecule has 9 heteroatoms. The fourth-order valence-electron chi connectivity index (χ4n) is 4.55. The SMILES string of the molecule is C#Cc1ccc(-c2cc(C)nc3c(OCc4c(C)ccnc4CN(CC)C(=O)C(=C)C(F)(F)F)cccc23)n1C. The van der Waals surface area contributed by atoms with Gasteiger partial charge in [-0.1, -0.05) is 24.6 Å². The zero-order chi connectivity index (χ0) is 29.2. The highest BCUT2D eigenvalue weighted by molar-refractivity contribution is 5.97. The van der Waals surface area contributed by atoms with Gasteiger partial charge >= 0.3 is 6.18 Å². The molecule has 3 heterocycles. The lowest BCUT2D eigenvalue weighted by Crippen LogP contribution is -2.36. The Morgan fingerprint density at radius 3 is 2.60 bits per heavy atom. The number of aromatic nitrogens is 3. The van der Waals surface area contributed by atoms with Gasteiger partial charge in [0.25, 0.3) is 5.91 Å². The van der Waals surface area contributed by atoms with Crippen LogP contribution in [0.2, 0.25) is 0 Å². The minimum atomic E-state index is -4.81. The quantitative estimate of drug-likeness (QED) is 0.193. The number of terminal acetylenes is 1. The van der Waals surface area contributed by atoms with E-state index < -0.39 is 17.7 Å². The first kappa shape index (κ1) is 28.4. The van der Waals surface area contributed by atoms with Crippen LogP contribution in [0, 0.1) is 26.2 Å². The van der Waals surface area contributed by atoms with Crippen LogP contribution in [0.3, 0.4) is 0 Å². The largest absolute Gasteiger partial charge is 0.487 e. The van der Waals surface area contributed by atoms with Crippen LogP contribution in [-0.2, 0) is 25.0 Å². The Labute approximate surface area is 231 Å². The van der Waals surface area contributed by atoms with Gasteiger partial charge in [0.05, 0.1) is 17.9 Å². The summed E-state index contributed by atoms with van der Waals surface area (Å²) in [5, 5.41) is 0.879. The number of fused-ring (bicyclic) bond motifs is 1. The van der Waals surface area contributed by atoms with Crippen molar-refractivity contribution in [1.82, 2.24) is 19.4 Å². The third-order valence-corrected chi connectivity index (χ3v) is 6.84. The number of hydrogen-bond donors (Lipinski definition) is 0. The maximum absolute atomic E-state index is 13.1. The summed E-state index contributed by atoms with van der Waals surface area (Å²) in [5.74, 6) is 2.04. The van der Waals surface area contributed by atoms with Gasteiger partial charge in [-0.15, -0.1) is 6.42 Å². The Morgan fingerprint density at radius 1 is 1.20 bits per heavy atom. The highest BCUT2D eigenvalue weighted by atomic mass is 19.4. The normalized spacial score (nSPS) is 11.3. The van der Waals surface area contributed by atoms with Gasteiger partial charge in [0.1, 0.15) is 23.4 Å². The van der Waals surface area contributed by atoms with Gasteiger partial charge in [-0.25, -0.2) is 4.98 Å². The average molecular weight is 547 g/mol. The van der Waals surface area contributed by atoms with Crippen LogP contribution in [0.4, 0.5) is 13.2 Å². The van der Waals surface area contributed by atoms with Crippen molar-refractivity contribution in [3.05, 3.63) is 89.0 Å². The van der Waals surface area contributed by atoms with E-state index in [0.717, 1.165) is 38.5 Å². The number of alkyl halides is 3. The third kappa shape index (κ3) is 5.57. The molecule has 0 aliphatic carbocycles.